The fourth-order valence-electron chi connectivity index (χ4n) is 5.29. The zero-order valence-corrected chi connectivity index (χ0v) is 22.8. The SMILES string of the molecule is COCCN(Cc1cc2ccc(SC)cc2nc1N1CCOCC1)C(=O)C1Cc2ccccc2CN1C. The molecule has 0 spiro atoms. The van der Waals surface area contributed by atoms with Gasteiger partial charge in [-0.2, -0.15) is 0 Å². The minimum absolute atomic E-state index is 0.139. The highest BCUT2D eigenvalue weighted by atomic mass is 32.2. The Kier molecular flexibility index (Phi) is 8.30. The van der Waals surface area contributed by atoms with Gasteiger partial charge in [0.15, 0.2) is 0 Å². The first-order valence-electron chi connectivity index (χ1n) is 12.9. The zero-order chi connectivity index (χ0) is 25.8. The van der Waals surface area contributed by atoms with Gasteiger partial charge < -0.3 is 19.3 Å². The molecule has 0 bridgehead atoms. The van der Waals surface area contributed by atoms with Gasteiger partial charge in [0, 0.05) is 55.7 Å². The summed E-state index contributed by atoms with van der Waals surface area (Å²) in [6.07, 6.45) is 2.80. The molecule has 1 aromatic heterocycles. The number of carbonyl (C=O) groups is 1. The number of morpholine rings is 1. The lowest BCUT2D eigenvalue weighted by molar-refractivity contribution is -0.138. The molecule has 0 aliphatic carbocycles. The third-order valence-corrected chi connectivity index (χ3v) is 8.12. The quantitative estimate of drug-likeness (QED) is 0.419. The number of thioether (sulfide) groups is 1. The lowest BCUT2D eigenvalue weighted by Crippen LogP contribution is -2.50. The first-order chi connectivity index (χ1) is 18.1. The van der Waals surface area contributed by atoms with Gasteiger partial charge in [0.05, 0.1) is 31.4 Å². The van der Waals surface area contributed by atoms with Gasteiger partial charge in [-0.3, -0.25) is 9.69 Å². The zero-order valence-electron chi connectivity index (χ0n) is 22.0. The molecule has 2 aliphatic heterocycles. The van der Waals surface area contributed by atoms with Crippen molar-refractivity contribution in [2.24, 2.45) is 0 Å². The number of amides is 1. The highest BCUT2D eigenvalue weighted by Crippen LogP contribution is 2.29. The fraction of sp³-hybridized carbons (Fsp3) is 0.448. The van der Waals surface area contributed by atoms with E-state index in [9.17, 15) is 4.79 Å². The number of ether oxygens (including phenoxy) is 2. The number of hydrogen-bond acceptors (Lipinski definition) is 7. The molecule has 37 heavy (non-hydrogen) atoms. The summed E-state index contributed by atoms with van der Waals surface area (Å²) >= 11 is 1.72. The van der Waals surface area contributed by atoms with Crippen LogP contribution in [-0.4, -0.2) is 86.6 Å². The Bertz CT molecular complexity index is 1250. The Morgan fingerprint density at radius 2 is 1.95 bits per heavy atom. The van der Waals surface area contributed by atoms with Crippen LogP contribution in [0, 0.1) is 0 Å². The van der Waals surface area contributed by atoms with Crippen LogP contribution >= 0.6 is 11.8 Å². The van der Waals surface area contributed by atoms with Crippen LogP contribution in [0.3, 0.4) is 0 Å². The van der Waals surface area contributed by atoms with Crippen LogP contribution in [0.1, 0.15) is 16.7 Å². The smallest absolute Gasteiger partial charge is 0.240 e. The van der Waals surface area contributed by atoms with E-state index in [1.54, 1.807) is 18.9 Å². The number of methoxy groups -OCH3 is 1. The highest BCUT2D eigenvalue weighted by Gasteiger charge is 2.33. The number of fused-ring (bicyclic) bond motifs is 2. The Hall–Kier alpha value is -2.65. The van der Waals surface area contributed by atoms with Crippen LogP contribution in [-0.2, 0) is 33.8 Å². The number of anilines is 1. The molecule has 0 N–H and O–H groups in total. The Labute approximate surface area is 223 Å². The lowest BCUT2D eigenvalue weighted by atomic mass is 9.93. The summed E-state index contributed by atoms with van der Waals surface area (Å²) in [6, 6.07) is 16.9. The molecule has 0 radical (unpaired) electrons. The maximum atomic E-state index is 14.0. The molecule has 7 nitrogen and oxygen atoms in total. The molecular weight excluding hydrogens is 484 g/mol. The van der Waals surface area contributed by atoms with E-state index in [1.807, 2.05) is 11.9 Å². The summed E-state index contributed by atoms with van der Waals surface area (Å²) in [4.78, 5) is 26.8. The summed E-state index contributed by atoms with van der Waals surface area (Å²) in [6.45, 7) is 5.25. The van der Waals surface area contributed by atoms with E-state index in [4.69, 9.17) is 14.5 Å². The summed E-state index contributed by atoms with van der Waals surface area (Å²) < 4.78 is 11.0. The molecule has 2 aliphatic rings. The third kappa shape index (κ3) is 5.77. The van der Waals surface area contributed by atoms with Crippen molar-refractivity contribution in [3.63, 3.8) is 0 Å². The van der Waals surface area contributed by atoms with Crippen molar-refractivity contribution >= 4 is 34.4 Å². The van der Waals surface area contributed by atoms with Gasteiger partial charge in [0.2, 0.25) is 5.91 Å². The molecule has 196 valence electrons. The molecule has 3 aromatic rings. The average molecular weight is 521 g/mol. The van der Waals surface area contributed by atoms with Gasteiger partial charge >= 0.3 is 0 Å². The molecule has 5 rings (SSSR count). The van der Waals surface area contributed by atoms with E-state index in [-0.39, 0.29) is 11.9 Å². The van der Waals surface area contributed by atoms with Crippen LogP contribution in [0.2, 0.25) is 0 Å². The Balaban J connectivity index is 1.48. The first kappa shape index (κ1) is 26.0. The number of likely N-dealkylation sites (N-methyl/N-ethyl adjacent to an activating group) is 1. The summed E-state index contributed by atoms with van der Waals surface area (Å²) in [5.41, 5.74) is 4.61. The maximum Gasteiger partial charge on any atom is 0.240 e. The standard InChI is InChI=1S/C29H36N4O3S/c1-31-19-23-7-5-4-6-21(23)17-27(31)29(34)33(10-13-35-2)20-24-16-22-8-9-25(37-3)18-26(22)30-28(24)32-11-14-36-15-12-32/h4-9,16,18,27H,10-15,17,19-20H2,1-3H3. The number of carbonyl (C=O) groups excluding carboxylic acids is 1. The number of aromatic nitrogens is 1. The van der Waals surface area contributed by atoms with Gasteiger partial charge in [0.1, 0.15) is 5.82 Å². The van der Waals surface area contributed by atoms with E-state index in [2.05, 4.69) is 64.6 Å². The van der Waals surface area contributed by atoms with Crippen molar-refractivity contribution in [1.82, 2.24) is 14.8 Å². The van der Waals surface area contributed by atoms with Gasteiger partial charge in [0.25, 0.3) is 0 Å². The molecule has 1 atom stereocenters. The van der Waals surface area contributed by atoms with Crippen LogP contribution < -0.4 is 4.90 Å². The summed E-state index contributed by atoms with van der Waals surface area (Å²) in [5, 5.41) is 1.09. The van der Waals surface area contributed by atoms with Crippen molar-refractivity contribution in [1.29, 1.82) is 0 Å². The largest absolute Gasteiger partial charge is 0.383 e. The van der Waals surface area contributed by atoms with Gasteiger partial charge in [-0.15, -0.1) is 11.8 Å². The second-order valence-corrected chi connectivity index (χ2v) is 10.7. The van der Waals surface area contributed by atoms with E-state index < -0.39 is 0 Å². The van der Waals surface area contributed by atoms with Crippen LogP contribution in [0.4, 0.5) is 5.82 Å². The monoisotopic (exact) mass is 520 g/mol. The Morgan fingerprint density at radius 1 is 1.16 bits per heavy atom. The predicted molar refractivity (Wildman–Crippen MR) is 149 cm³/mol. The maximum absolute atomic E-state index is 14.0. The normalized spacial score (nSPS) is 18.1. The second kappa shape index (κ2) is 11.8. The Morgan fingerprint density at radius 3 is 2.70 bits per heavy atom. The van der Waals surface area contributed by atoms with Crippen molar-refractivity contribution in [3.05, 3.63) is 65.2 Å². The molecule has 1 saturated heterocycles. The van der Waals surface area contributed by atoms with E-state index >= 15 is 0 Å². The van der Waals surface area contributed by atoms with Gasteiger partial charge in [-0.05, 0) is 49.1 Å². The molecule has 0 saturated carbocycles. The molecule has 2 aromatic carbocycles. The van der Waals surface area contributed by atoms with Crippen LogP contribution in [0.25, 0.3) is 10.9 Å². The number of benzene rings is 2. The molecule has 8 heteroatoms. The summed E-state index contributed by atoms with van der Waals surface area (Å²) in [5.74, 6) is 1.09. The number of hydrogen-bond donors (Lipinski definition) is 0. The van der Waals surface area contributed by atoms with Gasteiger partial charge in [-0.25, -0.2) is 4.98 Å². The number of rotatable bonds is 8. The molecule has 1 unspecified atom stereocenters. The minimum Gasteiger partial charge on any atom is -0.383 e. The van der Waals surface area contributed by atoms with Crippen molar-refractivity contribution < 1.29 is 14.3 Å². The predicted octanol–water partition coefficient (Wildman–Crippen LogP) is 3.83. The average Bonchev–Trinajstić information content (AvgIpc) is 2.94. The minimum atomic E-state index is -0.198. The molecule has 1 amide bonds. The second-order valence-electron chi connectivity index (χ2n) is 9.79. The van der Waals surface area contributed by atoms with Crippen molar-refractivity contribution in [2.75, 3.05) is 64.8 Å². The fourth-order valence-corrected chi connectivity index (χ4v) is 5.72. The van der Waals surface area contributed by atoms with E-state index in [1.165, 1.54) is 16.0 Å². The third-order valence-electron chi connectivity index (χ3n) is 7.40. The van der Waals surface area contributed by atoms with E-state index in [0.29, 0.717) is 32.9 Å². The van der Waals surface area contributed by atoms with E-state index in [0.717, 1.165) is 48.3 Å². The molecule has 1 fully saturated rings. The molecular formula is C29H36N4O3S. The van der Waals surface area contributed by atoms with Crippen LogP contribution in [0.15, 0.2) is 53.4 Å². The molecule has 3 heterocycles. The number of pyridine rings is 1. The highest BCUT2D eigenvalue weighted by molar-refractivity contribution is 7.98. The van der Waals surface area contributed by atoms with Crippen molar-refractivity contribution in [3.8, 4) is 0 Å². The van der Waals surface area contributed by atoms with Gasteiger partial charge in [-0.1, -0.05) is 30.3 Å². The summed E-state index contributed by atoms with van der Waals surface area (Å²) in [7, 11) is 3.73. The lowest BCUT2D eigenvalue weighted by Gasteiger charge is -2.37. The van der Waals surface area contributed by atoms with Crippen LogP contribution in [0.5, 0.6) is 0 Å². The topological polar surface area (TPSA) is 58.1 Å². The first-order valence-corrected chi connectivity index (χ1v) is 14.1. The van der Waals surface area contributed by atoms with Crippen molar-refractivity contribution in [2.45, 2.75) is 30.4 Å². The number of nitrogens with zero attached hydrogens (tertiary/aromatic N) is 4.